The molecule has 2 aromatic carbocycles. The number of nitrogens with zero attached hydrogens (tertiary/aromatic N) is 2. The fourth-order valence-corrected chi connectivity index (χ4v) is 2.59. The van der Waals surface area contributed by atoms with Crippen LogP contribution in [-0.2, 0) is 13.0 Å². The minimum absolute atomic E-state index is 0.237. The van der Waals surface area contributed by atoms with Crippen LogP contribution in [0.1, 0.15) is 5.56 Å². The van der Waals surface area contributed by atoms with Gasteiger partial charge in [0, 0.05) is 0 Å². The number of hydrogen-bond acceptors (Lipinski definition) is 3. The highest BCUT2D eigenvalue weighted by atomic mass is 16.5. The van der Waals surface area contributed by atoms with Gasteiger partial charge in [-0.1, -0.05) is 36.4 Å². The summed E-state index contributed by atoms with van der Waals surface area (Å²) in [6.45, 7) is 4.44. The van der Waals surface area contributed by atoms with Crippen LogP contribution < -0.4 is 4.74 Å². The number of fused-ring (bicyclic) bond motifs is 1. The van der Waals surface area contributed by atoms with Crippen LogP contribution in [0.5, 0.6) is 5.75 Å². The zero-order valence-electron chi connectivity index (χ0n) is 12.9. The number of para-hydroxylation sites is 3. The number of rotatable bonds is 7. The first-order valence-electron chi connectivity index (χ1n) is 7.67. The number of allylic oxidation sites excluding steroid dienone is 1. The number of hydrogen-bond donors (Lipinski definition) is 1. The van der Waals surface area contributed by atoms with Gasteiger partial charge in [0.25, 0.3) is 0 Å². The molecule has 0 unspecified atom stereocenters. The van der Waals surface area contributed by atoms with Crippen molar-refractivity contribution in [2.75, 3.05) is 6.61 Å². The molecule has 1 heterocycles. The summed E-state index contributed by atoms with van der Waals surface area (Å²) < 4.78 is 7.72. The van der Waals surface area contributed by atoms with Crippen molar-refractivity contribution in [2.24, 2.45) is 0 Å². The fourth-order valence-electron chi connectivity index (χ4n) is 2.59. The van der Waals surface area contributed by atoms with Gasteiger partial charge in [-0.25, -0.2) is 4.98 Å². The molecule has 118 valence electrons. The Balaban J connectivity index is 1.64. The molecule has 1 aromatic heterocycles. The molecule has 23 heavy (non-hydrogen) atoms. The van der Waals surface area contributed by atoms with E-state index in [-0.39, 0.29) is 6.61 Å². The first kappa shape index (κ1) is 15.3. The first-order chi connectivity index (χ1) is 11.3. The number of ether oxygens (including phenoxy) is 1. The van der Waals surface area contributed by atoms with Crippen LogP contribution in [0, 0.1) is 0 Å². The summed E-state index contributed by atoms with van der Waals surface area (Å²) in [7, 11) is 0. The summed E-state index contributed by atoms with van der Waals surface area (Å²) in [5, 5.41) is 10.3. The monoisotopic (exact) mass is 308 g/mol. The molecule has 0 radical (unpaired) electrons. The maximum absolute atomic E-state index is 10.3. The van der Waals surface area contributed by atoms with Crippen LogP contribution in [-0.4, -0.2) is 27.4 Å². The maximum atomic E-state index is 10.3. The third-order valence-electron chi connectivity index (χ3n) is 3.70. The Kier molecular flexibility index (Phi) is 4.74. The van der Waals surface area contributed by atoms with Crippen molar-refractivity contribution < 1.29 is 9.84 Å². The fraction of sp³-hybridized carbons (Fsp3) is 0.211. The average Bonchev–Trinajstić information content (AvgIpc) is 2.98. The molecule has 0 aliphatic heterocycles. The first-order valence-corrected chi connectivity index (χ1v) is 7.67. The van der Waals surface area contributed by atoms with Crippen molar-refractivity contribution >= 4 is 11.0 Å². The lowest BCUT2D eigenvalue weighted by molar-refractivity contribution is 0.0930. The molecule has 0 aliphatic rings. The van der Waals surface area contributed by atoms with Crippen LogP contribution in [0.25, 0.3) is 11.0 Å². The lowest BCUT2D eigenvalue weighted by Crippen LogP contribution is -2.23. The van der Waals surface area contributed by atoms with E-state index in [0.29, 0.717) is 6.54 Å². The summed E-state index contributed by atoms with van der Waals surface area (Å²) in [6, 6.07) is 15.7. The molecule has 4 nitrogen and oxygen atoms in total. The summed E-state index contributed by atoms with van der Waals surface area (Å²) in [5.74, 6) is 0.793. The van der Waals surface area contributed by atoms with E-state index in [2.05, 4.69) is 11.6 Å². The second-order valence-corrected chi connectivity index (χ2v) is 5.45. The molecular formula is C19H20N2O2. The predicted octanol–water partition coefficient (Wildman–Crippen LogP) is 3.20. The molecule has 0 amide bonds. The van der Waals surface area contributed by atoms with Crippen molar-refractivity contribution in [2.45, 2.75) is 19.1 Å². The Morgan fingerprint density at radius 2 is 1.96 bits per heavy atom. The van der Waals surface area contributed by atoms with Gasteiger partial charge in [-0.15, -0.1) is 6.58 Å². The Labute approximate surface area is 135 Å². The van der Waals surface area contributed by atoms with E-state index in [1.54, 1.807) is 6.33 Å². The molecule has 0 spiro atoms. The highest BCUT2D eigenvalue weighted by molar-refractivity contribution is 5.74. The van der Waals surface area contributed by atoms with E-state index in [1.807, 2.05) is 59.2 Å². The van der Waals surface area contributed by atoms with E-state index in [9.17, 15) is 5.11 Å². The van der Waals surface area contributed by atoms with Crippen LogP contribution >= 0.6 is 0 Å². The second kappa shape index (κ2) is 7.11. The minimum Gasteiger partial charge on any atom is -0.491 e. The number of aliphatic hydroxyl groups is 1. The normalized spacial score (nSPS) is 12.2. The Hall–Kier alpha value is -2.59. The zero-order valence-corrected chi connectivity index (χ0v) is 12.9. The molecule has 3 rings (SSSR count). The van der Waals surface area contributed by atoms with E-state index < -0.39 is 6.10 Å². The van der Waals surface area contributed by atoms with Gasteiger partial charge >= 0.3 is 0 Å². The SMILES string of the molecule is C=CCc1ccccc1OC[C@@H](O)Cn1cnc2ccccc21. The van der Waals surface area contributed by atoms with Gasteiger partial charge < -0.3 is 14.4 Å². The third-order valence-corrected chi connectivity index (χ3v) is 3.70. The van der Waals surface area contributed by atoms with E-state index in [4.69, 9.17) is 4.74 Å². The van der Waals surface area contributed by atoms with Gasteiger partial charge in [-0.3, -0.25) is 0 Å². The largest absolute Gasteiger partial charge is 0.491 e. The summed E-state index contributed by atoms with van der Waals surface area (Å²) in [5.41, 5.74) is 3.01. The molecule has 1 atom stereocenters. The average molecular weight is 308 g/mol. The molecule has 1 N–H and O–H groups in total. The lowest BCUT2D eigenvalue weighted by atomic mass is 10.1. The number of imidazole rings is 1. The van der Waals surface area contributed by atoms with Gasteiger partial charge in [0.1, 0.15) is 18.5 Å². The van der Waals surface area contributed by atoms with Gasteiger partial charge in [-0.2, -0.15) is 0 Å². The molecule has 0 bridgehead atoms. The number of aliphatic hydroxyl groups excluding tert-OH is 1. The summed E-state index contributed by atoms with van der Waals surface area (Å²) in [4.78, 5) is 4.33. The van der Waals surface area contributed by atoms with Crippen molar-refractivity contribution in [3.05, 3.63) is 73.1 Å². The summed E-state index contributed by atoms with van der Waals surface area (Å²) >= 11 is 0. The highest BCUT2D eigenvalue weighted by Gasteiger charge is 2.10. The van der Waals surface area contributed by atoms with Gasteiger partial charge in [0.15, 0.2) is 0 Å². The Morgan fingerprint density at radius 3 is 2.83 bits per heavy atom. The standard InChI is InChI=1S/C19H20N2O2/c1-2-7-15-8-3-6-11-19(15)23-13-16(22)12-21-14-20-17-9-4-5-10-18(17)21/h2-6,8-11,14,16,22H,1,7,12-13H2/t16-/m0/s1. The van der Waals surface area contributed by atoms with Gasteiger partial charge in [0.05, 0.1) is 23.9 Å². The topological polar surface area (TPSA) is 47.3 Å². The number of aromatic nitrogens is 2. The molecule has 0 saturated heterocycles. The molecule has 4 heteroatoms. The smallest absolute Gasteiger partial charge is 0.122 e. The number of benzene rings is 2. The quantitative estimate of drug-likeness (QED) is 0.682. The molecular weight excluding hydrogens is 288 g/mol. The highest BCUT2D eigenvalue weighted by Crippen LogP contribution is 2.19. The van der Waals surface area contributed by atoms with Crippen LogP contribution in [0.2, 0.25) is 0 Å². The van der Waals surface area contributed by atoms with Crippen molar-refractivity contribution in [1.82, 2.24) is 9.55 Å². The third kappa shape index (κ3) is 3.60. The Bertz CT molecular complexity index is 795. The van der Waals surface area contributed by atoms with Crippen LogP contribution in [0.3, 0.4) is 0 Å². The van der Waals surface area contributed by atoms with Crippen LogP contribution in [0.15, 0.2) is 67.5 Å². The lowest BCUT2D eigenvalue weighted by Gasteiger charge is -2.15. The molecule has 0 aliphatic carbocycles. The van der Waals surface area contributed by atoms with Gasteiger partial charge in [0.2, 0.25) is 0 Å². The zero-order chi connectivity index (χ0) is 16.1. The Morgan fingerprint density at radius 1 is 1.17 bits per heavy atom. The maximum Gasteiger partial charge on any atom is 0.122 e. The van der Waals surface area contributed by atoms with E-state index in [1.165, 1.54) is 0 Å². The second-order valence-electron chi connectivity index (χ2n) is 5.45. The summed E-state index contributed by atoms with van der Waals surface area (Å²) in [6.07, 6.45) is 3.73. The molecule has 3 aromatic rings. The van der Waals surface area contributed by atoms with Crippen molar-refractivity contribution in [1.29, 1.82) is 0 Å². The predicted molar refractivity (Wildman–Crippen MR) is 91.6 cm³/mol. The minimum atomic E-state index is -0.607. The molecule has 0 fully saturated rings. The van der Waals surface area contributed by atoms with Crippen LogP contribution in [0.4, 0.5) is 0 Å². The van der Waals surface area contributed by atoms with Gasteiger partial charge in [-0.05, 0) is 30.2 Å². The van der Waals surface area contributed by atoms with Crippen molar-refractivity contribution in [3.8, 4) is 5.75 Å². The molecule has 0 saturated carbocycles. The van der Waals surface area contributed by atoms with E-state index >= 15 is 0 Å². The van der Waals surface area contributed by atoms with Crippen molar-refractivity contribution in [3.63, 3.8) is 0 Å². The van der Waals surface area contributed by atoms with E-state index in [0.717, 1.165) is 28.8 Å².